The van der Waals surface area contributed by atoms with Gasteiger partial charge in [0.25, 0.3) is 11.8 Å². The van der Waals surface area contributed by atoms with E-state index in [1.54, 1.807) is 23.1 Å². The average Bonchev–Trinajstić information content (AvgIpc) is 3.66. The highest BCUT2D eigenvalue weighted by atomic mass is 35.5. The Morgan fingerprint density at radius 1 is 0.845 bits per heavy atom. The van der Waals surface area contributed by atoms with E-state index < -0.39 is 6.04 Å². The molecule has 298 valence electrons. The molecule has 3 saturated heterocycles. The fraction of sp³-hybridized carbons (Fsp3) is 0.457. The fourth-order valence-corrected chi connectivity index (χ4v) is 11.1. The largest absolute Gasteiger partial charge is 0.489 e. The number of hydrogen-bond donors (Lipinski definition) is 1. The van der Waals surface area contributed by atoms with Gasteiger partial charge in [-0.05, 0) is 85.9 Å². The molecule has 0 spiro atoms. The number of imide groups is 1. The minimum absolute atomic E-state index is 0.0409. The topological polar surface area (TPSA) is 107 Å². The second-order valence-corrected chi connectivity index (χ2v) is 18.4. The Kier molecular flexibility index (Phi) is 9.33. The highest BCUT2D eigenvalue weighted by Crippen LogP contribution is 2.59. The third-order valence-corrected chi connectivity index (χ3v) is 13.8. The predicted molar refractivity (Wildman–Crippen MR) is 219 cm³/mol. The Labute approximate surface area is 344 Å². The van der Waals surface area contributed by atoms with Crippen LogP contribution in [0.3, 0.4) is 0 Å². The van der Waals surface area contributed by atoms with E-state index >= 15 is 0 Å². The number of rotatable bonds is 6. The number of hydrogen-bond acceptors (Lipinski definition) is 7. The van der Waals surface area contributed by atoms with Gasteiger partial charge >= 0.3 is 0 Å². The van der Waals surface area contributed by atoms with Crippen molar-refractivity contribution >= 4 is 46.6 Å². The molecule has 12 heteroatoms. The second-order valence-electron chi connectivity index (χ2n) is 18.0. The highest BCUT2D eigenvalue weighted by molar-refractivity contribution is 6.33. The lowest BCUT2D eigenvalue weighted by atomic mass is 9.49. The number of ether oxygens (including phenoxy) is 1. The molecule has 1 aliphatic carbocycles. The zero-order chi connectivity index (χ0) is 40.7. The molecule has 1 unspecified atom stereocenters. The monoisotopic (exact) mass is 798 g/mol. The van der Waals surface area contributed by atoms with E-state index in [0.717, 1.165) is 67.0 Å². The van der Waals surface area contributed by atoms with Gasteiger partial charge in [0, 0.05) is 83.8 Å². The molecular formula is C46H47ClN6O5. The number of piperidine rings is 2. The molecule has 0 bridgehead atoms. The van der Waals surface area contributed by atoms with Gasteiger partial charge < -0.3 is 19.4 Å². The maximum absolute atomic E-state index is 13.8. The number of halogens is 1. The zero-order valence-corrected chi connectivity index (χ0v) is 34.1. The maximum Gasteiger partial charge on any atom is 0.255 e. The van der Waals surface area contributed by atoms with Crippen molar-refractivity contribution in [2.24, 2.45) is 16.7 Å². The summed E-state index contributed by atoms with van der Waals surface area (Å²) in [7, 11) is 0. The Balaban J connectivity index is 0.771. The molecule has 4 amide bonds. The molecule has 5 heterocycles. The van der Waals surface area contributed by atoms with E-state index in [-0.39, 0.29) is 53.0 Å². The van der Waals surface area contributed by atoms with Gasteiger partial charge in [0.2, 0.25) is 17.5 Å². The van der Waals surface area contributed by atoms with Crippen LogP contribution in [-0.2, 0) is 22.7 Å². The van der Waals surface area contributed by atoms with Gasteiger partial charge in [0.15, 0.2) is 0 Å². The molecule has 0 aromatic heterocycles. The number of amides is 4. The van der Waals surface area contributed by atoms with Gasteiger partial charge in [-0.1, -0.05) is 63.3 Å². The van der Waals surface area contributed by atoms with E-state index in [1.165, 1.54) is 0 Å². The van der Waals surface area contributed by atoms with Crippen LogP contribution in [0.4, 0.5) is 11.4 Å². The summed E-state index contributed by atoms with van der Waals surface area (Å²) in [5.74, 6) is 7.16. The Morgan fingerprint density at radius 3 is 2.28 bits per heavy atom. The van der Waals surface area contributed by atoms with Crippen molar-refractivity contribution in [3.8, 4) is 17.6 Å². The van der Waals surface area contributed by atoms with Gasteiger partial charge in [-0.3, -0.25) is 29.4 Å². The predicted octanol–water partition coefficient (Wildman–Crippen LogP) is 6.44. The van der Waals surface area contributed by atoms with Crippen LogP contribution in [0.2, 0.25) is 5.02 Å². The molecule has 5 aliphatic heterocycles. The number of likely N-dealkylation sites (tertiary alicyclic amines) is 1. The van der Waals surface area contributed by atoms with Crippen LogP contribution in [0.25, 0.3) is 4.85 Å². The average molecular weight is 799 g/mol. The fourth-order valence-electron chi connectivity index (χ4n) is 10.9. The lowest BCUT2D eigenvalue weighted by molar-refractivity contribution is -0.199. The van der Waals surface area contributed by atoms with E-state index in [0.29, 0.717) is 53.5 Å². The van der Waals surface area contributed by atoms with Crippen LogP contribution in [-0.4, -0.2) is 88.7 Å². The molecule has 1 N–H and O–H groups in total. The van der Waals surface area contributed by atoms with Crippen molar-refractivity contribution in [1.29, 1.82) is 0 Å². The third kappa shape index (κ3) is 6.40. The normalized spacial score (nSPS) is 25.2. The summed E-state index contributed by atoms with van der Waals surface area (Å²) in [6.45, 7) is 20.6. The number of benzene rings is 3. The molecule has 6 aliphatic rings. The number of nitrogens with zero attached hydrogens (tertiary/aromatic N) is 5. The lowest BCUT2D eigenvalue weighted by Gasteiger charge is -2.65. The molecule has 1 saturated carbocycles. The van der Waals surface area contributed by atoms with Gasteiger partial charge in [0.1, 0.15) is 17.9 Å². The van der Waals surface area contributed by atoms with Crippen LogP contribution in [0, 0.1) is 35.2 Å². The van der Waals surface area contributed by atoms with Crippen LogP contribution >= 0.6 is 11.6 Å². The van der Waals surface area contributed by atoms with Crippen LogP contribution in [0.1, 0.15) is 90.8 Å². The molecule has 3 aromatic rings. The summed E-state index contributed by atoms with van der Waals surface area (Å²) < 4.78 is 6.49. The van der Waals surface area contributed by atoms with E-state index in [1.807, 2.05) is 29.2 Å². The van der Waals surface area contributed by atoms with Gasteiger partial charge in [0.05, 0.1) is 11.6 Å². The van der Waals surface area contributed by atoms with E-state index in [9.17, 15) is 19.2 Å². The first-order valence-electron chi connectivity index (χ1n) is 20.3. The summed E-state index contributed by atoms with van der Waals surface area (Å²) in [6.07, 6.45) is 2.46. The van der Waals surface area contributed by atoms with Crippen LogP contribution in [0.5, 0.6) is 5.75 Å². The smallest absolute Gasteiger partial charge is 0.255 e. The maximum atomic E-state index is 13.8. The molecule has 58 heavy (non-hydrogen) atoms. The summed E-state index contributed by atoms with van der Waals surface area (Å²) in [4.78, 5) is 63.1. The summed E-state index contributed by atoms with van der Waals surface area (Å²) in [6, 6.07) is 17.0. The van der Waals surface area contributed by atoms with E-state index in [2.05, 4.69) is 71.6 Å². The number of anilines is 1. The minimum Gasteiger partial charge on any atom is -0.489 e. The minimum atomic E-state index is -0.606. The van der Waals surface area contributed by atoms with Crippen molar-refractivity contribution in [1.82, 2.24) is 20.0 Å². The highest BCUT2D eigenvalue weighted by Gasteiger charge is 2.67. The number of carbonyl (C=O) groups excluding carboxylic acids is 4. The van der Waals surface area contributed by atoms with Crippen molar-refractivity contribution < 1.29 is 23.9 Å². The van der Waals surface area contributed by atoms with Crippen molar-refractivity contribution in [2.75, 3.05) is 31.1 Å². The molecule has 3 aromatic carbocycles. The Hall–Kier alpha value is -5.36. The van der Waals surface area contributed by atoms with Crippen molar-refractivity contribution in [2.45, 2.75) is 90.7 Å². The standard InChI is InChI=1S/C46H47ClN6O5/c1-45(2)43(46(3,4)44(45)58-33-11-13-37(48-5)36(47)22-33)53-24-30-20-28(8-12-34(30)41(53)56)7-6-27-16-18-50(19-17-27)32-25-51(26-32)31-10-9-29-23-52(42(57)35(29)21-31)38-14-15-39(54)49-40(38)55/h8-13,20-22,27,32,38,43-44H,14-19,23-26H2,1-4H3,(H,49,54,55). The molecule has 1 atom stereocenters. The number of carbonyl (C=O) groups is 4. The summed E-state index contributed by atoms with van der Waals surface area (Å²) in [5.41, 5.74) is 5.03. The van der Waals surface area contributed by atoms with Crippen molar-refractivity contribution in [3.05, 3.63) is 98.9 Å². The summed E-state index contributed by atoms with van der Waals surface area (Å²) in [5, 5.41) is 2.74. The number of nitrogens with one attached hydrogen (secondary N) is 1. The van der Waals surface area contributed by atoms with E-state index in [4.69, 9.17) is 22.9 Å². The SMILES string of the molecule is [C-]#[N+]c1ccc(OC2C(C)(C)C(N3Cc4cc(C#CC5CCN(C6CN(c7ccc8c(c7)C(=O)N(C7CCC(=O)NC7=O)C8)C6)CC5)ccc4C3=O)C2(C)C)cc1Cl. The zero-order valence-electron chi connectivity index (χ0n) is 33.3. The third-order valence-electron chi connectivity index (χ3n) is 13.5. The van der Waals surface area contributed by atoms with Gasteiger partial charge in [-0.2, -0.15) is 0 Å². The molecule has 4 fully saturated rings. The molecule has 0 radical (unpaired) electrons. The first kappa shape index (κ1) is 38.2. The number of fused-ring (bicyclic) bond motifs is 2. The first-order valence-corrected chi connectivity index (χ1v) is 20.7. The van der Waals surface area contributed by atoms with Gasteiger partial charge in [-0.15, -0.1) is 0 Å². The molecule has 11 nitrogen and oxygen atoms in total. The van der Waals surface area contributed by atoms with Gasteiger partial charge in [-0.25, -0.2) is 4.85 Å². The Morgan fingerprint density at radius 2 is 1.57 bits per heavy atom. The van der Waals surface area contributed by atoms with Crippen LogP contribution < -0.4 is 15.0 Å². The second kappa shape index (κ2) is 14.2. The first-order chi connectivity index (χ1) is 27.7. The van der Waals surface area contributed by atoms with Crippen molar-refractivity contribution in [3.63, 3.8) is 0 Å². The quantitative estimate of drug-likeness (QED) is 0.174. The molecular weight excluding hydrogens is 752 g/mol. The Bertz CT molecular complexity index is 2340. The summed E-state index contributed by atoms with van der Waals surface area (Å²) >= 11 is 6.30. The van der Waals surface area contributed by atoms with Crippen LogP contribution in [0.15, 0.2) is 54.6 Å². The molecule has 9 rings (SSSR count). The lowest BCUT2D eigenvalue weighted by Crippen LogP contribution is -2.74.